The molecule has 0 saturated carbocycles. The molecule has 3 aromatic carbocycles. The number of para-hydroxylation sites is 1. The minimum absolute atomic E-state index is 0.350. The SMILES string of the molecule is O=C(NCCCN1c2ccccc2CCc2ccc(Cl)cc21)Nc1ccc(OC(F)(F)F)cc1. The van der Waals surface area contributed by atoms with E-state index in [9.17, 15) is 18.0 Å². The summed E-state index contributed by atoms with van der Waals surface area (Å²) >= 11 is 6.29. The Bertz CT molecular complexity index is 1150. The van der Waals surface area contributed by atoms with Gasteiger partial charge in [-0.1, -0.05) is 35.9 Å². The third-order valence-electron chi connectivity index (χ3n) is 5.47. The molecule has 1 heterocycles. The maximum Gasteiger partial charge on any atom is 0.573 e. The highest BCUT2D eigenvalue weighted by Crippen LogP contribution is 2.37. The van der Waals surface area contributed by atoms with Crippen LogP contribution in [0.2, 0.25) is 5.02 Å². The fourth-order valence-electron chi connectivity index (χ4n) is 3.98. The lowest BCUT2D eigenvalue weighted by Gasteiger charge is -2.27. The second-order valence-electron chi connectivity index (χ2n) is 7.86. The van der Waals surface area contributed by atoms with Gasteiger partial charge >= 0.3 is 12.4 Å². The summed E-state index contributed by atoms with van der Waals surface area (Å²) in [6.07, 6.45) is -2.22. The second-order valence-corrected chi connectivity index (χ2v) is 8.30. The van der Waals surface area contributed by atoms with E-state index in [0.717, 1.165) is 36.3 Å². The first-order valence-electron chi connectivity index (χ1n) is 10.8. The van der Waals surface area contributed by atoms with E-state index in [1.165, 1.54) is 23.3 Å². The Morgan fingerprint density at radius 3 is 2.41 bits per heavy atom. The van der Waals surface area contributed by atoms with Crippen LogP contribution in [0.1, 0.15) is 17.5 Å². The number of benzene rings is 3. The van der Waals surface area contributed by atoms with Crippen LogP contribution in [0.25, 0.3) is 0 Å². The Hall–Kier alpha value is -3.39. The molecule has 0 bridgehead atoms. The molecule has 0 aliphatic carbocycles. The molecule has 1 aliphatic heterocycles. The molecule has 0 spiro atoms. The molecule has 2 amide bonds. The Morgan fingerprint density at radius 1 is 0.971 bits per heavy atom. The van der Waals surface area contributed by atoms with Gasteiger partial charge in [-0.05, 0) is 72.9 Å². The predicted octanol–water partition coefficient (Wildman–Crippen LogP) is 6.69. The summed E-state index contributed by atoms with van der Waals surface area (Å²) < 4.78 is 40.6. The first-order chi connectivity index (χ1) is 16.3. The lowest BCUT2D eigenvalue weighted by molar-refractivity contribution is -0.274. The van der Waals surface area contributed by atoms with Crippen molar-refractivity contribution in [1.29, 1.82) is 0 Å². The smallest absolute Gasteiger partial charge is 0.406 e. The van der Waals surface area contributed by atoms with E-state index >= 15 is 0 Å². The summed E-state index contributed by atoms with van der Waals surface area (Å²) in [4.78, 5) is 14.4. The molecule has 0 saturated heterocycles. The van der Waals surface area contributed by atoms with E-state index in [1.807, 2.05) is 24.3 Å². The zero-order chi connectivity index (χ0) is 24.1. The predicted molar refractivity (Wildman–Crippen MR) is 127 cm³/mol. The quantitative estimate of drug-likeness (QED) is 0.379. The maximum atomic E-state index is 12.3. The topological polar surface area (TPSA) is 53.6 Å². The van der Waals surface area contributed by atoms with Crippen molar-refractivity contribution < 1.29 is 22.7 Å². The molecule has 34 heavy (non-hydrogen) atoms. The molecule has 0 aromatic heterocycles. The van der Waals surface area contributed by atoms with Crippen molar-refractivity contribution in [2.45, 2.75) is 25.6 Å². The summed E-state index contributed by atoms with van der Waals surface area (Å²) in [7, 11) is 0. The van der Waals surface area contributed by atoms with Gasteiger partial charge in [0.1, 0.15) is 5.75 Å². The van der Waals surface area contributed by atoms with E-state index in [4.69, 9.17) is 11.6 Å². The number of nitrogens with one attached hydrogen (secondary N) is 2. The Kier molecular flexibility index (Phi) is 7.17. The first kappa shape index (κ1) is 23.8. The lowest BCUT2D eigenvalue weighted by atomic mass is 10.0. The van der Waals surface area contributed by atoms with E-state index in [0.29, 0.717) is 30.2 Å². The molecule has 9 heteroatoms. The third-order valence-corrected chi connectivity index (χ3v) is 5.71. The van der Waals surface area contributed by atoms with Gasteiger partial charge in [0.05, 0.1) is 0 Å². The molecule has 0 unspecified atom stereocenters. The number of anilines is 3. The van der Waals surface area contributed by atoms with Gasteiger partial charge in [-0.25, -0.2) is 4.79 Å². The highest BCUT2D eigenvalue weighted by molar-refractivity contribution is 6.30. The van der Waals surface area contributed by atoms with Crippen LogP contribution in [0, 0.1) is 0 Å². The number of halogens is 4. The average Bonchev–Trinajstić information content (AvgIpc) is 2.94. The van der Waals surface area contributed by atoms with Crippen LogP contribution < -0.4 is 20.3 Å². The molecular formula is C25H23ClF3N3O2. The Morgan fingerprint density at radius 2 is 1.68 bits per heavy atom. The summed E-state index contributed by atoms with van der Waals surface area (Å²) in [5.41, 5.74) is 5.05. The number of fused-ring (bicyclic) bond motifs is 2. The highest BCUT2D eigenvalue weighted by Gasteiger charge is 2.31. The molecule has 2 N–H and O–H groups in total. The molecule has 0 radical (unpaired) electrons. The van der Waals surface area contributed by atoms with Gasteiger partial charge in [0.25, 0.3) is 0 Å². The van der Waals surface area contributed by atoms with Crippen molar-refractivity contribution in [1.82, 2.24) is 5.32 Å². The number of urea groups is 1. The van der Waals surface area contributed by atoms with Crippen molar-refractivity contribution >= 4 is 34.7 Å². The normalized spacial score (nSPS) is 12.9. The summed E-state index contributed by atoms with van der Waals surface area (Å²) in [5.74, 6) is -0.350. The monoisotopic (exact) mass is 489 g/mol. The third kappa shape index (κ3) is 6.14. The van der Waals surface area contributed by atoms with Crippen molar-refractivity contribution in [3.63, 3.8) is 0 Å². The highest BCUT2D eigenvalue weighted by atomic mass is 35.5. The van der Waals surface area contributed by atoms with Gasteiger partial charge in [0.2, 0.25) is 0 Å². The van der Waals surface area contributed by atoms with E-state index < -0.39 is 12.4 Å². The number of aryl methyl sites for hydroxylation is 2. The molecular weight excluding hydrogens is 467 g/mol. The number of alkyl halides is 3. The van der Waals surface area contributed by atoms with Crippen LogP contribution >= 0.6 is 11.6 Å². The van der Waals surface area contributed by atoms with Gasteiger partial charge in [0, 0.05) is 35.2 Å². The number of rotatable bonds is 6. The largest absolute Gasteiger partial charge is 0.573 e. The second kappa shape index (κ2) is 10.3. The average molecular weight is 490 g/mol. The first-order valence-corrected chi connectivity index (χ1v) is 11.2. The van der Waals surface area contributed by atoms with Crippen LogP contribution in [0.5, 0.6) is 5.75 Å². The number of nitrogens with zero attached hydrogens (tertiary/aromatic N) is 1. The number of carbonyl (C=O) groups excluding carboxylic acids is 1. The minimum atomic E-state index is -4.76. The minimum Gasteiger partial charge on any atom is -0.406 e. The van der Waals surface area contributed by atoms with Crippen LogP contribution in [0.3, 0.4) is 0 Å². The summed E-state index contributed by atoms with van der Waals surface area (Å²) in [6.45, 7) is 1.09. The van der Waals surface area contributed by atoms with Crippen molar-refractivity contribution in [3.8, 4) is 5.75 Å². The number of carbonyl (C=O) groups is 1. The number of hydrogen-bond acceptors (Lipinski definition) is 3. The molecule has 3 aromatic rings. The molecule has 5 nitrogen and oxygen atoms in total. The van der Waals surface area contributed by atoms with Gasteiger partial charge in [0.15, 0.2) is 0 Å². The van der Waals surface area contributed by atoms with Gasteiger partial charge in [-0.2, -0.15) is 0 Å². The molecule has 0 fully saturated rings. The fourth-order valence-corrected chi connectivity index (χ4v) is 4.15. The molecule has 1 aliphatic rings. The van der Waals surface area contributed by atoms with Crippen molar-refractivity contribution in [2.24, 2.45) is 0 Å². The molecule has 0 atom stereocenters. The van der Waals surface area contributed by atoms with Gasteiger partial charge in [-0.15, -0.1) is 13.2 Å². The van der Waals surface area contributed by atoms with E-state index in [1.54, 1.807) is 0 Å². The zero-order valence-electron chi connectivity index (χ0n) is 18.2. The Labute approximate surface area is 200 Å². The van der Waals surface area contributed by atoms with E-state index in [-0.39, 0.29) is 5.75 Å². The number of amides is 2. The van der Waals surface area contributed by atoms with Crippen LogP contribution in [-0.4, -0.2) is 25.5 Å². The van der Waals surface area contributed by atoms with Crippen LogP contribution in [0.4, 0.5) is 35.0 Å². The van der Waals surface area contributed by atoms with Crippen molar-refractivity contribution in [2.75, 3.05) is 23.3 Å². The lowest BCUT2D eigenvalue weighted by Crippen LogP contribution is -2.31. The summed E-state index contributed by atoms with van der Waals surface area (Å²) in [5, 5.41) is 6.06. The zero-order valence-corrected chi connectivity index (χ0v) is 18.9. The molecule has 4 rings (SSSR count). The maximum absolute atomic E-state index is 12.3. The van der Waals surface area contributed by atoms with Crippen molar-refractivity contribution in [3.05, 3.63) is 82.9 Å². The van der Waals surface area contributed by atoms with E-state index in [2.05, 4.69) is 38.5 Å². The number of hydrogen-bond donors (Lipinski definition) is 2. The standard InChI is InChI=1S/C25H23ClF3N3O2/c26-19-9-8-18-7-6-17-4-1-2-5-22(17)32(23(18)16-19)15-3-14-30-24(33)31-20-10-12-21(13-11-20)34-25(27,28)29/h1-2,4-5,8-13,16H,3,6-7,14-15H2,(H2,30,31,33). The fraction of sp³-hybridized carbons (Fsp3) is 0.240. The number of ether oxygens (including phenoxy) is 1. The molecule has 178 valence electrons. The van der Waals surface area contributed by atoms with Crippen LogP contribution in [-0.2, 0) is 12.8 Å². The summed E-state index contributed by atoms with van der Waals surface area (Å²) in [6, 6.07) is 18.7. The van der Waals surface area contributed by atoms with Gasteiger partial charge in [-0.3, -0.25) is 0 Å². The Balaban J connectivity index is 1.34. The van der Waals surface area contributed by atoms with Crippen LogP contribution in [0.15, 0.2) is 66.7 Å². The van der Waals surface area contributed by atoms with Gasteiger partial charge < -0.3 is 20.3 Å².